The Morgan fingerprint density at radius 3 is 2.82 bits per heavy atom. The normalized spacial score (nSPS) is 49.3. The van der Waals surface area contributed by atoms with Crippen molar-refractivity contribution in [3.05, 3.63) is 12.2 Å². The van der Waals surface area contributed by atoms with Crippen LogP contribution in [-0.2, 0) is 0 Å². The van der Waals surface area contributed by atoms with Gasteiger partial charge in [0.1, 0.15) is 0 Å². The maximum Gasteiger partial charge on any atom is -0.0176 e. The van der Waals surface area contributed by atoms with Crippen LogP contribution in [0.5, 0.6) is 0 Å². The van der Waals surface area contributed by atoms with Gasteiger partial charge in [-0.15, -0.1) is 0 Å². The van der Waals surface area contributed by atoms with Gasteiger partial charge in [0.15, 0.2) is 0 Å². The van der Waals surface area contributed by atoms with Gasteiger partial charge in [-0.3, -0.25) is 0 Å². The minimum Gasteiger partial charge on any atom is -0.0879 e. The maximum atomic E-state index is 2.46. The molecule has 1 saturated carbocycles. The average molecular weight is 150 g/mol. The summed E-state index contributed by atoms with van der Waals surface area (Å²) in [6.07, 6.45) is 9.14. The largest absolute Gasteiger partial charge is 0.0879 e. The fraction of sp³-hybridized carbons (Fsp3) is 0.818. The van der Waals surface area contributed by atoms with Crippen molar-refractivity contribution < 1.29 is 0 Å². The van der Waals surface area contributed by atoms with E-state index < -0.39 is 0 Å². The van der Waals surface area contributed by atoms with Gasteiger partial charge in [0.25, 0.3) is 0 Å². The van der Waals surface area contributed by atoms with Crippen molar-refractivity contribution in [1.29, 1.82) is 0 Å². The Morgan fingerprint density at radius 2 is 2.00 bits per heavy atom. The number of hydrogen-bond acceptors (Lipinski definition) is 0. The quantitative estimate of drug-likeness (QED) is 0.465. The van der Waals surface area contributed by atoms with E-state index in [2.05, 4.69) is 26.0 Å². The number of rotatable bonds is 0. The predicted molar refractivity (Wildman–Crippen MR) is 48.3 cm³/mol. The van der Waals surface area contributed by atoms with E-state index in [1.165, 1.54) is 19.3 Å². The number of fused-ring (bicyclic) bond motifs is 1. The van der Waals surface area contributed by atoms with Crippen molar-refractivity contribution in [1.82, 2.24) is 0 Å². The first-order valence-corrected chi connectivity index (χ1v) is 4.94. The highest BCUT2D eigenvalue weighted by molar-refractivity contribution is 5.05. The van der Waals surface area contributed by atoms with Gasteiger partial charge in [-0.05, 0) is 42.9 Å². The molecule has 62 valence electrons. The van der Waals surface area contributed by atoms with Crippen molar-refractivity contribution in [2.45, 2.75) is 33.1 Å². The van der Waals surface area contributed by atoms with E-state index in [1.54, 1.807) is 0 Å². The van der Waals surface area contributed by atoms with Gasteiger partial charge in [-0.2, -0.15) is 0 Å². The molecular formula is C11H18. The lowest BCUT2D eigenvalue weighted by atomic mass is 9.70. The molecular weight excluding hydrogens is 132 g/mol. The standard InChI is InChI=1S/C11H18/c1-8-6-9(2)11-5-3-4-10(11)7-8/h3,5,8-11H,4,6-7H2,1-2H3. The van der Waals surface area contributed by atoms with Crippen LogP contribution in [0.1, 0.15) is 33.1 Å². The van der Waals surface area contributed by atoms with Crippen molar-refractivity contribution in [2.75, 3.05) is 0 Å². The molecule has 0 radical (unpaired) electrons. The van der Waals surface area contributed by atoms with Crippen LogP contribution in [0.2, 0.25) is 0 Å². The van der Waals surface area contributed by atoms with Gasteiger partial charge >= 0.3 is 0 Å². The molecule has 0 N–H and O–H groups in total. The van der Waals surface area contributed by atoms with E-state index >= 15 is 0 Å². The molecule has 0 spiro atoms. The first kappa shape index (κ1) is 7.39. The molecule has 4 unspecified atom stereocenters. The molecule has 0 bridgehead atoms. The Kier molecular flexibility index (Phi) is 1.78. The highest BCUT2D eigenvalue weighted by Gasteiger charge is 2.33. The zero-order valence-electron chi connectivity index (χ0n) is 7.59. The fourth-order valence-corrected chi connectivity index (χ4v) is 3.04. The van der Waals surface area contributed by atoms with Gasteiger partial charge < -0.3 is 0 Å². The molecule has 2 rings (SSSR count). The van der Waals surface area contributed by atoms with Crippen LogP contribution in [0.15, 0.2) is 12.2 Å². The van der Waals surface area contributed by atoms with Crippen molar-refractivity contribution in [2.24, 2.45) is 23.7 Å². The summed E-state index contributed by atoms with van der Waals surface area (Å²) < 4.78 is 0. The molecule has 11 heavy (non-hydrogen) atoms. The van der Waals surface area contributed by atoms with E-state index in [1.807, 2.05) is 0 Å². The fourth-order valence-electron chi connectivity index (χ4n) is 3.04. The third-order valence-electron chi connectivity index (χ3n) is 3.48. The minimum absolute atomic E-state index is 0.936. The maximum absolute atomic E-state index is 2.46. The molecule has 4 atom stereocenters. The van der Waals surface area contributed by atoms with Crippen molar-refractivity contribution in [3.63, 3.8) is 0 Å². The zero-order chi connectivity index (χ0) is 7.84. The topological polar surface area (TPSA) is 0 Å². The second-order valence-electron chi connectivity index (χ2n) is 4.56. The van der Waals surface area contributed by atoms with Gasteiger partial charge in [-0.25, -0.2) is 0 Å². The van der Waals surface area contributed by atoms with E-state index in [0.29, 0.717) is 0 Å². The Bertz CT molecular complexity index is 169. The lowest BCUT2D eigenvalue weighted by molar-refractivity contribution is 0.172. The molecule has 0 aromatic rings. The molecule has 1 fully saturated rings. The molecule has 0 heteroatoms. The highest BCUT2D eigenvalue weighted by Crippen LogP contribution is 2.43. The van der Waals surface area contributed by atoms with Crippen LogP contribution in [-0.4, -0.2) is 0 Å². The Labute approximate surface area is 69.7 Å². The smallest absolute Gasteiger partial charge is 0.0176 e. The molecule has 0 nitrogen and oxygen atoms in total. The van der Waals surface area contributed by atoms with E-state index in [9.17, 15) is 0 Å². The lowest BCUT2D eigenvalue weighted by Gasteiger charge is -2.35. The van der Waals surface area contributed by atoms with E-state index in [4.69, 9.17) is 0 Å². The molecule has 0 aromatic heterocycles. The summed E-state index contributed by atoms with van der Waals surface area (Å²) in [4.78, 5) is 0. The van der Waals surface area contributed by atoms with Crippen molar-refractivity contribution in [3.8, 4) is 0 Å². The SMILES string of the molecule is CC1CC(C)C2C=CCC2C1. The molecule has 0 heterocycles. The van der Waals surface area contributed by atoms with Crippen LogP contribution in [0.25, 0.3) is 0 Å². The van der Waals surface area contributed by atoms with E-state index in [-0.39, 0.29) is 0 Å². The van der Waals surface area contributed by atoms with Crippen LogP contribution >= 0.6 is 0 Å². The summed E-state index contributed by atoms with van der Waals surface area (Å²) in [6, 6.07) is 0. The van der Waals surface area contributed by atoms with Gasteiger partial charge in [0.05, 0.1) is 0 Å². The van der Waals surface area contributed by atoms with Crippen LogP contribution in [0.4, 0.5) is 0 Å². The summed E-state index contributed by atoms with van der Waals surface area (Å²) in [6.45, 7) is 4.83. The summed E-state index contributed by atoms with van der Waals surface area (Å²) in [7, 11) is 0. The minimum atomic E-state index is 0.936. The Hall–Kier alpha value is -0.260. The summed E-state index contributed by atoms with van der Waals surface area (Å²) in [5, 5.41) is 0. The summed E-state index contributed by atoms with van der Waals surface area (Å²) >= 11 is 0. The third kappa shape index (κ3) is 1.23. The zero-order valence-corrected chi connectivity index (χ0v) is 7.59. The average Bonchev–Trinajstić information content (AvgIpc) is 2.34. The van der Waals surface area contributed by atoms with E-state index in [0.717, 1.165) is 23.7 Å². The van der Waals surface area contributed by atoms with Crippen LogP contribution < -0.4 is 0 Å². The molecule has 0 aliphatic heterocycles. The van der Waals surface area contributed by atoms with Gasteiger partial charge in [-0.1, -0.05) is 26.0 Å². The summed E-state index contributed by atoms with van der Waals surface area (Å²) in [5.74, 6) is 3.87. The van der Waals surface area contributed by atoms with Gasteiger partial charge in [0.2, 0.25) is 0 Å². The second-order valence-corrected chi connectivity index (χ2v) is 4.56. The molecule has 0 saturated heterocycles. The summed E-state index contributed by atoms with van der Waals surface area (Å²) in [5.41, 5.74) is 0. The van der Waals surface area contributed by atoms with Crippen molar-refractivity contribution >= 4 is 0 Å². The molecule has 0 amide bonds. The Balaban J connectivity index is 2.08. The number of allylic oxidation sites excluding steroid dienone is 2. The van der Waals surface area contributed by atoms with Gasteiger partial charge in [0, 0.05) is 0 Å². The van der Waals surface area contributed by atoms with Crippen LogP contribution in [0.3, 0.4) is 0 Å². The number of hydrogen-bond donors (Lipinski definition) is 0. The first-order valence-electron chi connectivity index (χ1n) is 4.94. The molecule has 2 aliphatic carbocycles. The Morgan fingerprint density at radius 1 is 1.18 bits per heavy atom. The molecule has 2 aliphatic rings. The lowest BCUT2D eigenvalue weighted by Crippen LogP contribution is -2.26. The highest BCUT2D eigenvalue weighted by atomic mass is 14.4. The third-order valence-corrected chi connectivity index (χ3v) is 3.48. The predicted octanol–water partition coefficient (Wildman–Crippen LogP) is 3.24. The van der Waals surface area contributed by atoms with Crippen LogP contribution in [0, 0.1) is 23.7 Å². The molecule has 0 aromatic carbocycles. The monoisotopic (exact) mass is 150 g/mol. The second kappa shape index (κ2) is 2.66. The first-order chi connectivity index (χ1) is 5.27.